The molecule has 3 rings (SSSR count). The summed E-state index contributed by atoms with van der Waals surface area (Å²) in [5.74, 6) is -0.480. The zero-order chi connectivity index (χ0) is 19.7. The predicted octanol–water partition coefficient (Wildman–Crippen LogP) is 3.16. The van der Waals surface area contributed by atoms with Crippen LogP contribution in [-0.4, -0.2) is 25.6 Å². The van der Waals surface area contributed by atoms with Crippen molar-refractivity contribution in [1.29, 1.82) is 0 Å². The Kier molecular flexibility index (Phi) is 4.64. The highest BCUT2D eigenvalue weighted by atomic mass is 16.6. The van der Waals surface area contributed by atoms with Crippen molar-refractivity contribution in [3.05, 3.63) is 79.8 Å². The van der Waals surface area contributed by atoms with Crippen LogP contribution in [0.15, 0.2) is 52.3 Å². The maximum Gasteiger partial charge on any atom is 0.311 e. The molecule has 0 aliphatic heterocycles. The zero-order valence-corrected chi connectivity index (χ0v) is 15.1. The van der Waals surface area contributed by atoms with Crippen LogP contribution in [0.1, 0.15) is 16.8 Å². The molecule has 3 aromatic rings. The first-order chi connectivity index (χ1) is 12.8. The van der Waals surface area contributed by atoms with Crippen LogP contribution in [0.3, 0.4) is 0 Å². The highest BCUT2D eigenvalue weighted by molar-refractivity contribution is 5.87. The van der Waals surface area contributed by atoms with E-state index < -0.39 is 16.4 Å². The van der Waals surface area contributed by atoms with Crippen molar-refractivity contribution in [3.63, 3.8) is 0 Å². The molecule has 8 nitrogen and oxygen atoms in total. The normalized spacial score (nSPS) is 11.2. The van der Waals surface area contributed by atoms with Gasteiger partial charge in [-0.15, -0.1) is 0 Å². The number of nitro groups is 1. The fourth-order valence-corrected chi connectivity index (χ4v) is 2.86. The van der Waals surface area contributed by atoms with Gasteiger partial charge in [-0.1, -0.05) is 18.2 Å². The van der Waals surface area contributed by atoms with Crippen LogP contribution >= 0.6 is 0 Å². The summed E-state index contributed by atoms with van der Waals surface area (Å²) in [7, 11) is 1.75. The molecular weight excluding hydrogens is 348 g/mol. The average molecular weight is 366 g/mol. The topological polar surface area (TPSA) is 103 Å². The van der Waals surface area contributed by atoms with E-state index in [4.69, 9.17) is 0 Å². The second-order valence-electron chi connectivity index (χ2n) is 6.15. The van der Waals surface area contributed by atoms with E-state index >= 15 is 0 Å². The number of nitrogens with zero attached hydrogens (tertiary/aromatic N) is 4. The molecule has 138 valence electrons. The van der Waals surface area contributed by atoms with Crippen LogP contribution in [-0.2, 0) is 7.05 Å². The van der Waals surface area contributed by atoms with E-state index in [9.17, 15) is 20.0 Å². The van der Waals surface area contributed by atoms with E-state index in [1.54, 1.807) is 31.6 Å². The number of phenols is 1. The van der Waals surface area contributed by atoms with E-state index in [0.717, 1.165) is 0 Å². The molecule has 27 heavy (non-hydrogen) atoms. The molecule has 0 saturated carbocycles. The minimum Gasteiger partial charge on any atom is -0.502 e. The Morgan fingerprint density at radius 1 is 1.19 bits per heavy atom. The van der Waals surface area contributed by atoms with Crippen molar-refractivity contribution in [2.45, 2.75) is 13.8 Å². The summed E-state index contributed by atoms with van der Waals surface area (Å²) in [6.45, 7) is 3.44. The highest BCUT2D eigenvalue weighted by Crippen LogP contribution is 2.30. The van der Waals surface area contributed by atoms with Gasteiger partial charge in [0.05, 0.1) is 16.3 Å². The molecule has 0 atom stereocenters. The van der Waals surface area contributed by atoms with Gasteiger partial charge < -0.3 is 5.11 Å². The second-order valence-corrected chi connectivity index (χ2v) is 6.15. The number of benzene rings is 2. The lowest BCUT2D eigenvalue weighted by molar-refractivity contribution is -0.385. The van der Waals surface area contributed by atoms with Gasteiger partial charge in [0, 0.05) is 24.9 Å². The molecule has 0 aliphatic carbocycles. The smallest absolute Gasteiger partial charge is 0.311 e. The van der Waals surface area contributed by atoms with Crippen molar-refractivity contribution in [3.8, 4) is 11.4 Å². The standard InChI is InChI=1S/C19H18N4O4/c1-12-9-14(18(24)16(10-12)23(26)27)11-20-17-13(2)21(3)22(19(17)25)15-7-5-4-6-8-15/h4-11,24H,1-3H3. The van der Waals surface area contributed by atoms with Crippen LogP contribution in [0.5, 0.6) is 5.75 Å². The maximum absolute atomic E-state index is 12.8. The van der Waals surface area contributed by atoms with Crippen molar-refractivity contribution in [1.82, 2.24) is 9.36 Å². The molecule has 0 bridgehead atoms. The Morgan fingerprint density at radius 2 is 1.85 bits per heavy atom. The van der Waals surface area contributed by atoms with Crippen molar-refractivity contribution < 1.29 is 10.0 Å². The highest BCUT2D eigenvalue weighted by Gasteiger charge is 2.18. The summed E-state index contributed by atoms with van der Waals surface area (Å²) in [4.78, 5) is 27.4. The molecule has 0 unspecified atom stereocenters. The van der Waals surface area contributed by atoms with Crippen molar-refractivity contribution in [2.24, 2.45) is 12.0 Å². The van der Waals surface area contributed by atoms with Gasteiger partial charge in [-0.3, -0.25) is 19.6 Å². The summed E-state index contributed by atoms with van der Waals surface area (Å²) in [5.41, 5.74) is 1.58. The van der Waals surface area contributed by atoms with Crippen LogP contribution in [0.4, 0.5) is 11.4 Å². The van der Waals surface area contributed by atoms with Gasteiger partial charge in [0.25, 0.3) is 5.56 Å². The molecular formula is C19H18N4O4. The number of rotatable bonds is 4. The van der Waals surface area contributed by atoms with Gasteiger partial charge in [0.1, 0.15) is 0 Å². The average Bonchev–Trinajstić information content (AvgIpc) is 2.85. The lowest BCUT2D eigenvalue weighted by Gasteiger charge is -2.07. The van der Waals surface area contributed by atoms with Crippen LogP contribution in [0, 0.1) is 24.0 Å². The summed E-state index contributed by atoms with van der Waals surface area (Å²) in [6, 6.07) is 12.0. The van der Waals surface area contributed by atoms with E-state index in [1.807, 2.05) is 30.3 Å². The molecule has 0 amide bonds. The van der Waals surface area contributed by atoms with Gasteiger partial charge >= 0.3 is 5.69 Å². The summed E-state index contributed by atoms with van der Waals surface area (Å²) in [5, 5.41) is 21.2. The second kappa shape index (κ2) is 6.91. The fraction of sp³-hybridized carbons (Fsp3) is 0.158. The van der Waals surface area contributed by atoms with Crippen LogP contribution in [0.25, 0.3) is 5.69 Å². The van der Waals surface area contributed by atoms with Gasteiger partial charge in [-0.2, -0.15) is 0 Å². The Bertz CT molecular complexity index is 1110. The van der Waals surface area contributed by atoms with Crippen molar-refractivity contribution >= 4 is 17.6 Å². The molecule has 0 spiro atoms. The maximum atomic E-state index is 12.8. The first-order valence-corrected chi connectivity index (χ1v) is 8.17. The van der Waals surface area contributed by atoms with Crippen LogP contribution in [0.2, 0.25) is 0 Å². The lowest BCUT2D eigenvalue weighted by atomic mass is 10.1. The molecule has 1 N–H and O–H groups in total. The molecule has 1 heterocycles. The summed E-state index contributed by atoms with van der Waals surface area (Å²) < 4.78 is 3.17. The monoisotopic (exact) mass is 366 g/mol. The van der Waals surface area contributed by atoms with E-state index in [-0.39, 0.29) is 16.8 Å². The van der Waals surface area contributed by atoms with E-state index in [1.165, 1.54) is 17.0 Å². The number of nitro benzene ring substituents is 1. The van der Waals surface area contributed by atoms with E-state index in [2.05, 4.69) is 4.99 Å². The molecule has 0 aliphatic rings. The first-order valence-electron chi connectivity index (χ1n) is 8.17. The minimum absolute atomic E-state index is 0.176. The Hall–Kier alpha value is -3.68. The third-order valence-electron chi connectivity index (χ3n) is 4.32. The predicted molar refractivity (Wildman–Crippen MR) is 102 cm³/mol. The van der Waals surface area contributed by atoms with Crippen molar-refractivity contribution in [2.75, 3.05) is 0 Å². The molecule has 0 saturated heterocycles. The molecule has 8 heteroatoms. The zero-order valence-electron chi connectivity index (χ0n) is 15.1. The van der Waals surface area contributed by atoms with Crippen LogP contribution < -0.4 is 5.56 Å². The number of para-hydroxylation sites is 1. The minimum atomic E-state index is -0.657. The third-order valence-corrected chi connectivity index (χ3v) is 4.32. The molecule has 2 aromatic carbocycles. The molecule has 0 fully saturated rings. The number of hydrogen-bond donors (Lipinski definition) is 1. The van der Waals surface area contributed by atoms with Gasteiger partial charge in [-0.05, 0) is 37.6 Å². The SMILES string of the molecule is Cc1cc(C=Nc2c(C)n(C)n(-c3ccccc3)c2=O)c(O)c([N+](=O)[O-])c1. The number of aromatic nitrogens is 2. The van der Waals surface area contributed by atoms with Gasteiger partial charge in [0.2, 0.25) is 5.75 Å². The Morgan fingerprint density at radius 3 is 2.48 bits per heavy atom. The fourth-order valence-electron chi connectivity index (χ4n) is 2.86. The Balaban J connectivity index is 2.10. The Labute approximate surface area is 154 Å². The number of hydrogen-bond acceptors (Lipinski definition) is 5. The number of aryl methyl sites for hydroxylation is 1. The van der Waals surface area contributed by atoms with Gasteiger partial charge in [-0.25, -0.2) is 9.67 Å². The van der Waals surface area contributed by atoms with E-state index in [0.29, 0.717) is 16.9 Å². The molecule has 0 radical (unpaired) electrons. The number of phenolic OH excluding ortho intramolecular Hbond substituents is 1. The number of aromatic hydroxyl groups is 1. The van der Waals surface area contributed by atoms with Gasteiger partial charge in [0.15, 0.2) is 5.69 Å². The number of aliphatic imine (C=N–C) groups is 1. The summed E-state index contributed by atoms with van der Waals surface area (Å²) >= 11 is 0. The lowest BCUT2D eigenvalue weighted by Crippen LogP contribution is -2.19. The third kappa shape index (κ3) is 3.24. The molecule has 1 aromatic heterocycles. The summed E-state index contributed by atoms with van der Waals surface area (Å²) in [6.07, 6.45) is 1.27. The quantitative estimate of drug-likeness (QED) is 0.435. The first kappa shape index (κ1) is 18.1. The largest absolute Gasteiger partial charge is 0.502 e.